The molecule has 2 aliphatic heterocycles. The zero-order valence-electron chi connectivity index (χ0n) is 11.8. The van der Waals surface area contributed by atoms with Crippen molar-refractivity contribution in [2.75, 3.05) is 13.1 Å². The second kappa shape index (κ2) is 10.1. The standard InChI is InChI=1S/C13H13N5.3ClH.Co/c1-8-6-14-12(16-8)10-4-3-5-11(18-10)13-15-7-9(2)17-13;;;;/h3-5H,6-7H2,1-2H3;3*1H;/q;;;;+3/p-3. The summed E-state index contributed by atoms with van der Waals surface area (Å²) < 4.78 is 0. The Balaban J connectivity index is 0. The summed E-state index contributed by atoms with van der Waals surface area (Å²) in [6, 6.07) is 5.77. The summed E-state index contributed by atoms with van der Waals surface area (Å²) in [4.78, 5) is 22.0. The van der Waals surface area contributed by atoms with Crippen molar-refractivity contribution in [3.05, 3.63) is 29.6 Å². The van der Waals surface area contributed by atoms with E-state index in [0.717, 1.165) is 22.8 Å². The Morgan fingerprint density at radius 1 is 0.773 bits per heavy atom. The van der Waals surface area contributed by atoms with E-state index in [1.165, 1.54) is 0 Å². The summed E-state index contributed by atoms with van der Waals surface area (Å²) in [5, 5.41) is 0. The van der Waals surface area contributed by atoms with Crippen molar-refractivity contribution >= 4 is 23.1 Å². The SMILES string of the molecule is CC1=NC(c2cccc(C3=NCC(C)=N3)n2)=NC1.[Cl-].[Cl-].[Cl-].[Co+3]. The summed E-state index contributed by atoms with van der Waals surface area (Å²) in [5.41, 5.74) is 3.60. The van der Waals surface area contributed by atoms with Gasteiger partial charge in [-0.3, -0.25) is 9.98 Å². The predicted molar refractivity (Wildman–Crippen MR) is 73.3 cm³/mol. The second-order valence-electron chi connectivity index (χ2n) is 4.38. The minimum atomic E-state index is 0. The molecule has 0 saturated carbocycles. The van der Waals surface area contributed by atoms with E-state index in [1.54, 1.807) is 0 Å². The molecule has 0 spiro atoms. The fourth-order valence-corrected chi connectivity index (χ4v) is 1.84. The van der Waals surface area contributed by atoms with Gasteiger partial charge in [0.15, 0.2) is 11.7 Å². The molecule has 0 fully saturated rings. The largest absolute Gasteiger partial charge is 3.00 e. The van der Waals surface area contributed by atoms with Gasteiger partial charge in [0.05, 0.1) is 13.1 Å². The predicted octanol–water partition coefficient (Wildman–Crippen LogP) is -7.47. The molecule has 0 unspecified atom stereocenters. The van der Waals surface area contributed by atoms with E-state index in [1.807, 2.05) is 32.0 Å². The van der Waals surface area contributed by atoms with Crippen LogP contribution in [0.3, 0.4) is 0 Å². The fraction of sp³-hybridized carbons (Fsp3) is 0.308. The van der Waals surface area contributed by atoms with Crippen molar-refractivity contribution in [2.45, 2.75) is 13.8 Å². The van der Waals surface area contributed by atoms with Crippen LogP contribution in [0.15, 0.2) is 38.2 Å². The molecule has 120 valence electrons. The van der Waals surface area contributed by atoms with Gasteiger partial charge in [-0.1, -0.05) is 6.07 Å². The van der Waals surface area contributed by atoms with E-state index in [9.17, 15) is 0 Å². The summed E-state index contributed by atoms with van der Waals surface area (Å²) >= 11 is 0. The van der Waals surface area contributed by atoms with E-state index in [0.29, 0.717) is 24.8 Å². The van der Waals surface area contributed by atoms with Crippen LogP contribution in [-0.2, 0) is 16.8 Å². The number of aliphatic imine (C=N–C) groups is 4. The van der Waals surface area contributed by atoms with Gasteiger partial charge in [0.1, 0.15) is 11.4 Å². The molecular weight excluding hydrogens is 391 g/mol. The van der Waals surface area contributed by atoms with Crippen molar-refractivity contribution in [3.63, 3.8) is 0 Å². The summed E-state index contributed by atoms with van der Waals surface area (Å²) in [6.45, 7) is 5.27. The molecule has 22 heavy (non-hydrogen) atoms. The summed E-state index contributed by atoms with van der Waals surface area (Å²) in [7, 11) is 0. The van der Waals surface area contributed by atoms with E-state index < -0.39 is 0 Å². The van der Waals surface area contributed by atoms with Crippen LogP contribution < -0.4 is 37.2 Å². The van der Waals surface area contributed by atoms with Crippen LogP contribution in [0.2, 0.25) is 0 Å². The first kappa shape index (κ1) is 23.5. The van der Waals surface area contributed by atoms with E-state index >= 15 is 0 Å². The Kier molecular flexibility index (Phi) is 10.7. The van der Waals surface area contributed by atoms with Crippen molar-refractivity contribution in [3.8, 4) is 0 Å². The molecule has 1 aromatic heterocycles. The molecule has 0 atom stereocenters. The quantitative estimate of drug-likeness (QED) is 0.483. The maximum absolute atomic E-state index is 4.53. The number of amidine groups is 2. The molecule has 3 heterocycles. The number of halogens is 3. The maximum atomic E-state index is 4.53. The van der Waals surface area contributed by atoms with E-state index in [-0.39, 0.29) is 54.0 Å². The molecule has 0 amide bonds. The smallest absolute Gasteiger partial charge is 1.00 e. The van der Waals surface area contributed by atoms with Gasteiger partial charge in [-0.25, -0.2) is 15.0 Å². The summed E-state index contributed by atoms with van der Waals surface area (Å²) in [6.07, 6.45) is 0. The van der Waals surface area contributed by atoms with Gasteiger partial charge in [-0.2, -0.15) is 0 Å². The number of aromatic nitrogens is 1. The van der Waals surface area contributed by atoms with Gasteiger partial charge in [0, 0.05) is 11.4 Å². The minimum Gasteiger partial charge on any atom is -1.00 e. The Morgan fingerprint density at radius 3 is 1.50 bits per heavy atom. The molecule has 0 N–H and O–H groups in total. The van der Waals surface area contributed by atoms with Gasteiger partial charge < -0.3 is 37.2 Å². The Bertz CT molecular complexity index is 589. The summed E-state index contributed by atoms with van der Waals surface area (Å²) in [5.74, 6) is 1.40. The molecule has 0 saturated heterocycles. The average molecular weight is 405 g/mol. The van der Waals surface area contributed by atoms with Gasteiger partial charge in [0.2, 0.25) is 0 Å². The van der Waals surface area contributed by atoms with Crippen LogP contribution in [0.1, 0.15) is 25.2 Å². The number of pyridine rings is 1. The first-order valence-corrected chi connectivity index (χ1v) is 5.87. The van der Waals surface area contributed by atoms with Crippen LogP contribution in [-0.4, -0.2) is 41.2 Å². The van der Waals surface area contributed by atoms with Crippen molar-refractivity contribution in [1.82, 2.24) is 4.98 Å². The van der Waals surface area contributed by atoms with Crippen molar-refractivity contribution in [1.29, 1.82) is 0 Å². The zero-order chi connectivity index (χ0) is 12.5. The molecule has 0 bridgehead atoms. The maximum Gasteiger partial charge on any atom is 3.00 e. The number of hydrogen-bond donors (Lipinski definition) is 0. The molecule has 0 radical (unpaired) electrons. The topological polar surface area (TPSA) is 62.3 Å². The molecule has 1 aromatic rings. The van der Waals surface area contributed by atoms with Gasteiger partial charge in [-0.05, 0) is 26.0 Å². The molecule has 2 aliphatic rings. The average Bonchev–Trinajstić information content (AvgIpc) is 2.98. The Morgan fingerprint density at radius 2 is 1.18 bits per heavy atom. The third kappa shape index (κ3) is 5.14. The van der Waals surface area contributed by atoms with Crippen LogP contribution in [0.25, 0.3) is 0 Å². The van der Waals surface area contributed by atoms with Gasteiger partial charge in [0.25, 0.3) is 0 Å². The van der Waals surface area contributed by atoms with Crippen molar-refractivity contribution < 1.29 is 54.0 Å². The third-order valence-corrected chi connectivity index (χ3v) is 2.72. The minimum absolute atomic E-state index is 0. The monoisotopic (exact) mass is 403 g/mol. The van der Waals surface area contributed by atoms with Crippen molar-refractivity contribution in [2.24, 2.45) is 20.0 Å². The molecular formula is C13H13Cl3CoN5. The first-order valence-electron chi connectivity index (χ1n) is 5.87. The third-order valence-electron chi connectivity index (χ3n) is 2.72. The number of rotatable bonds is 2. The number of hydrogen-bond acceptors (Lipinski definition) is 5. The normalized spacial score (nSPS) is 15.0. The van der Waals surface area contributed by atoms with E-state index in [4.69, 9.17) is 0 Å². The fourth-order valence-electron chi connectivity index (χ4n) is 1.84. The molecule has 0 aromatic carbocycles. The molecule has 9 heteroatoms. The van der Waals surface area contributed by atoms with Crippen LogP contribution >= 0.6 is 0 Å². The zero-order valence-corrected chi connectivity index (χ0v) is 15.2. The first-order chi connectivity index (χ1) is 8.72. The van der Waals surface area contributed by atoms with Crippen LogP contribution in [0.5, 0.6) is 0 Å². The molecule has 3 rings (SSSR count). The van der Waals surface area contributed by atoms with Crippen LogP contribution in [0.4, 0.5) is 0 Å². The molecule has 5 nitrogen and oxygen atoms in total. The molecule has 0 aliphatic carbocycles. The van der Waals surface area contributed by atoms with Gasteiger partial charge >= 0.3 is 16.8 Å². The van der Waals surface area contributed by atoms with E-state index in [2.05, 4.69) is 25.0 Å². The number of nitrogens with zero attached hydrogens (tertiary/aromatic N) is 5. The Hall–Kier alpha value is -0.794. The van der Waals surface area contributed by atoms with Gasteiger partial charge in [-0.15, -0.1) is 0 Å². The van der Waals surface area contributed by atoms with Crippen LogP contribution in [0, 0.1) is 0 Å². The Labute approximate surface area is 158 Å². The second-order valence-corrected chi connectivity index (χ2v) is 4.38.